The van der Waals surface area contributed by atoms with Gasteiger partial charge < -0.3 is 10.1 Å². The minimum absolute atomic E-state index is 0.150. The molecule has 1 aliphatic heterocycles. The second kappa shape index (κ2) is 6.83. The van der Waals surface area contributed by atoms with E-state index in [0.717, 1.165) is 38.4 Å². The SMILES string of the molecule is CCSC1(CNc2cnn(C)c(=O)c2Cl)CCOCC1. The molecular weight excluding hydrogens is 298 g/mol. The predicted molar refractivity (Wildman–Crippen MR) is 83.9 cm³/mol. The van der Waals surface area contributed by atoms with Gasteiger partial charge in [-0.25, -0.2) is 4.68 Å². The fourth-order valence-electron chi connectivity index (χ4n) is 2.31. The van der Waals surface area contributed by atoms with Crippen molar-refractivity contribution in [3.8, 4) is 0 Å². The molecule has 0 aliphatic carbocycles. The zero-order valence-corrected chi connectivity index (χ0v) is 13.4. The van der Waals surface area contributed by atoms with Crippen LogP contribution in [0, 0.1) is 0 Å². The minimum Gasteiger partial charge on any atom is -0.381 e. The summed E-state index contributed by atoms with van der Waals surface area (Å²) in [5.41, 5.74) is 0.332. The van der Waals surface area contributed by atoms with E-state index in [1.54, 1.807) is 13.2 Å². The molecule has 0 radical (unpaired) electrons. The number of hydrogen-bond donors (Lipinski definition) is 1. The highest BCUT2D eigenvalue weighted by molar-refractivity contribution is 8.00. The lowest BCUT2D eigenvalue weighted by atomic mass is 9.99. The van der Waals surface area contributed by atoms with E-state index < -0.39 is 0 Å². The molecule has 2 heterocycles. The van der Waals surface area contributed by atoms with E-state index in [1.165, 1.54) is 4.68 Å². The van der Waals surface area contributed by atoms with E-state index in [0.29, 0.717) is 5.69 Å². The molecule has 2 rings (SSSR count). The molecule has 1 saturated heterocycles. The molecule has 0 aromatic carbocycles. The van der Waals surface area contributed by atoms with Crippen LogP contribution in [-0.2, 0) is 11.8 Å². The summed E-state index contributed by atoms with van der Waals surface area (Å²) in [6, 6.07) is 0. The van der Waals surface area contributed by atoms with E-state index in [9.17, 15) is 4.79 Å². The number of aromatic nitrogens is 2. The van der Waals surface area contributed by atoms with Crippen LogP contribution in [0.4, 0.5) is 5.69 Å². The molecule has 1 aromatic rings. The van der Waals surface area contributed by atoms with Crippen molar-refractivity contribution in [1.29, 1.82) is 0 Å². The molecule has 0 saturated carbocycles. The topological polar surface area (TPSA) is 56.2 Å². The Hall–Kier alpha value is -0.720. The summed E-state index contributed by atoms with van der Waals surface area (Å²) in [6.45, 7) is 4.51. The first kappa shape index (κ1) is 15.7. The summed E-state index contributed by atoms with van der Waals surface area (Å²) in [7, 11) is 1.59. The minimum atomic E-state index is -0.277. The third-order valence-corrected chi connectivity index (χ3v) is 5.35. The van der Waals surface area contributed by atoms with Gasteiger partial charge in [0, 0.05) is 31.6 Å². The van der Waals surface area contributed by atoms with E-state index >= 15 is 0 Å². The van der Waals surface area contributed by atoms with Crippen LogP contribution >= 0.6 is 23.4 Å². The molecule has 0 unspecified atom stereocenters. The highest BCUT2D eigenvalue weighted by atomic mass is 35.5. The average Bonchev–Trinajstić information content (AvgIpc) is 2.45. The summed E-state index contributed by atoms with van der Waals surface area (Å²) in [5.74, 6) is 1.06. The van der Waals surface area contributed by atoms with Gasteiger partial charge in [-0.15, -0.1) is 0 Å². The Labute approximate surface area is 128 Å². The zero-order valence-electron chi connectivity index (χ0n) is 11.8. The largest absolute Gasteiger partial charge is 0.381 e. The Morgan fingerprint density at radius 1 is 1.55 bits per heavy atom. The van der Waals surface area contributed by atoms with Crippen molar-refractivity contribution < 1.29 is 4.74 Å². The summed E-state index contributed by atoms with van der Waals surface area (Å²) < 4.78 is 6.83. The van der Waals surface area contributed by atoms with Gasteiger partial charge in [-0.1, -0.05) is 18.5 Å². The molecular formula is C13H20ClN3O2S. The van der Waals surface area contributed by atoms with Crippen molar-refractivity contribution in [2.45, 2.75) is 24.5 Å². The summed E-state index contributed by atoms with van der Waals surface area (Å²) in [4.78, 5) is 11.7. The number of anilines is 1. The normalized spacial score (nSPS) is 17.9. The fraction of sp³-hybridized carbons (Fsp3) is 0.692. The van der Waals surface area contributed by atoms with Crippen LogP contribution in [-0.4, -0.2) is 40.0 Å². The van der Waals surface area contributed by atoms with Gasteiger partial charge in [0.2, 0.25) is 0 Å². The van der Waals surface area contributed by atoms with E-state index in [1.807, 2.05) is 11.8 Å². The third-order valence-electron chi connectivity index (χ3n) is 3.53. The average molecular weight is 318 g/mol. The van der Waals surface area contributed by atoms with Gasteiger partial charge in [0.1, 0.15) is 5.02 Å². The third kappa shape index (κ3) is 3.48. The van der Waals surface area contributed by atoms with Crippen LogP contribution in [0.25, 0.3) is 0 Å². The molecule has 20 heavy (non-hydrogen) atoms. The first-order valence-corrected chi connectivity index (χ1v) is 8.12. The smallest absolute Gasteiger partial charge is 0.287 e. The molecule has 0 bridgehead atoms. The van der Waals surface area contributed by atoms with Crippen LogP contribution in [0.5, 0.6) is 0 Å². The Kier molecular flexibility index (Phi) is 5.35. The first-order chi connectivity index (χ1) is 9.58. The highest BCUT2D eigenvalue weighted by Crippen LogP contribution is 2.35. The number of aryl methyl sites for hydroxylation is 1. The van der Waals surface area contributed by atoms with Crippen molar-refractivity contribution in [3.05, 3.63) is 21.6 Å². The molecule has 1 aliphatic rings. The monoisotopic (exact) mass is 317 g/mol. The number of rotatable bonds is 5. The standard InChI is InChI=1S/C13H20ClN3O2S/c1-3-20-13(4-6-19-7-5-13)9-15-10-8-16-17(2)12(18)11(10)14/h8,15H,3-7,9H2,1-2H3. The van der Waals surface area contributed by atoms with Crippen molar-refractivity contribution in [2.24, 2.45) is 7.05 Å². The maximum absolute atomic E-state index is 11.7. The van der Waals surface area contributed by atoms with E-state index in [-0.39, 0.29) is 15.3 Å². The molecule has 112 valence electrons. The number of ether oxygens (including phenoxy) is 1. The van der Waals surface area contributed by atoms with Crippen LogP contribution in [0.2, 0.25) is 5.02 Å². The van der Waals surface area contributed by atoms with Gasteiger partial charge >= 0.3 is 0 Å². The summed E-state index contributed by atoms with van der Waals surface area (Å²) in [6.07, 6.45) is 3.62. The lowest BCUT2D eigenvalue weighted by molar-refractivity contribution is 0.0802. The summed E-state index contributed by atoms with van der Waals surface area (Å²) >= 11 is 8.01. The molecule has 7 heteroatoms. The quantitative estimate of drug-likeness (QED) is 0.902. The van der Waals surface area contributed by atoms with Gasteiger partial charge in [-0.05, 0) is 18.6 Å². The zero-order chi connectivity index (χ0) is 14.6. The second-order valence-electron chi connectivity index (χ2n) is 4.88. The van der Waals surface area contributed by atoms with Crippen LogP contribution in [0.15, 0.2) is 11.0 Å². The Balaban J connectivity index is 2.10. The molecule has 1 aromatic heterocycles. The van der Waals surface area contributed by atoms with Crippen LogP contribution < -0.4 is 10.9 Å². The van der Waals surface area contributed by atoms with E-state index in [2.05, 4.69) is 17.3 Å². The maximum Gasteiger partial charge on any atom is 0.287 e. The Morgan fingerprint density at radius 3 is 2.90 bits per heavy atom. The van der Waals surface area contributed by atoms with Crippen LogP contribution in [0.1, 0.15) is 19.8 Å². The molecule has 0 spiro atoms. The number of halogens is 1. The van der Waals surface area contributed by atoms with Gasteiger partial charge in [-0.2, -0.15) is 16.9 Å². The molecule has 0 amide bonds. The molecule has 0 atom stereocenters. The Bertz CT molecular complexity index is 509. The van der Waals surface area contributed by atoms with Crippen LogP contribution in [0.3, 0.4) is 0 Å². The second-order valence-corrected chi connectivity index (χ2v) is 6.99. The van der Waals surface area contributed by atoms with Crippen molar-refractivity contribution >= 4 is 29.1 Å². The number of nitrogens with one attached hydrogen (secondary N) is 1. The molecule has 5 nitrogen and oxygen atoms in total. The van der Waals surface area contributed by atoms with Gasteiger partial charge in [0.25, 0.3) is 5.56 Å². The fourth-order valence-corrected chi connectivity index (χ4v) is 3.79. The van der Waals surface area contributed by atoms with E-state index in [4.69, 9.17) is 16.3 Å². The maximum atomic E-state index is 11.7. The van der Waals surface area contributed by atoms with Crippen molar-refractivity contribution in [2.75, 3.05) is 30.8 Å². The Morgan fingerprint density at radius 2 is 2.25 bits per heavy atom. The predicted octanol–water partition coefficient (Wildman–Crippen LogP) is 2.15. The van der Waals surface area contributed by atoms with Crippen molar-refractivity contribution in [1.82, 2.24) is 9.78 Å². The summed E-state index contributed by atoms with van der Waals surface area (Å²) in [5, 5.41) is 7.49. The molecule has 1 N–H and O–H groups in total. The highest BCUT2D eigenvalue weighted by Gasteiger charge is 2.32. The van der Waals surface area contributed by atoms with Gasteiger partial charge in [0.05, 0.1) is 11.9 Å². The molecule has 1 fully saturated rings. The van der Waals surface area contributed by atoms with Crippen molar-refractivity contribution in [3.63, 3.8) is 0 Å². The lowest BCUT2D eigenvalue weighted by Gasteiger charge is -2.36. The van der Waals surface area contributed by atoms with Gasteiger partial charge in [0.15, 0.2) is 0 Å². The number of thioether (sulfide) groups is 1. The first-order valence-electron chi connectivity index (χ1n) is 6.75. The number of hydrogen-bond acceptors (Lipinski definition) is 5. The number of nitrogens with zero attached hydrogens (tertiary/aromatic N) is 2. The lowest BCUT2D eigenvalue weighted by Crippen LogP contribution is -2.40. The van der Waals surface area contributed by atoms with Gasteiger partial charge in [-0.3, -0.25) is 4.79 Å².